The molecule has 0 saturated heterocycles. The summed E-state index contributed by atoms with van der Waals surface area (Å²) in [6.07, 6.45) is 0. The monoisotopic (exact) mass is 354 g/mol. The topological polar surface area (TPSA) is 77.4 Å². The van der Waals surface area contributed by atoms with Crippen molar-refractivity contribution >= 4 is 22.8 Å². The Kier molecular flexibility index (Phi) is 4.97. The molecule has 0 saturated carbocycles. The standard InChI is InChI=1S/C19H22N4O3/c1-12-5-7-16-14(9-12)21-18(23(16)2)11-20-19(24)22-15-10-13(25-3)6-8-17(15)26-4/h5-10H,11H2,1-4H3,(H2,20,22,24). The van der Waals surface area contributed by atoms with Crippen molar-refractivity contribution in [2.75, 3.05) is 19.5 Å². The first-order valence-corrected chi connectivity index (χ1v) is 8.20. The molecule has 1 aromatic heterocycles. The average Bonchev–Trinajstić information content (AvgIpc) is 2.95. The van der Waals surface area contributed by atoms with Crippen LogP contribution < -0.4 is 20.1 Å². The molecule has 0 atom stereocenters. The molecule has 0 radical (unpaired) electrons. The Morgan fingerprint density at radius 3 is 2.69 bits per heavy atom. The van der Waals surface area contributed by atoms with Gasteiger partial charge >= 0.3 is 6.03 Å². The second kappa shape index (κ2) is 7.35. The number of nitrogens with zero attached hydrogens (tertiary/aromatic N) is 2. The molecule has 136 valence electrons. The SMILES string of the molecule is COc1ccc(OC)c(NC(=O)NCc2nc3cc(C)ccc3n2C)c1. The zero-order valence-corrected chi connectivity index (χ0v) is 15.3. The molecule has 3 rings (SSSR count). The molecular formula is C19H22N4O3. The number of carbonyl (C=O) groups excluding carboxylic acids is 1. The molecule has 0 bridgehead atoms. The van der Waals surface area contributed by atoms with Crippen LogP contribution >= 0.6 is 0 Å². The quantitative estimate of drug-likeness (QED) is 0.737. The number of nitrogens with one attached hydrogen (secondary N) is 2. The predicted molar refractivity (Wildman–Crippen MR) is 101 cm³/mol. The summed E-state index contributed by atoms with van der Waals surface area (Å²) < 4.78 is 12.4. The molecule has 0 aliphatic rings. The van der Waals surface area contributed by atoms with E-state index in [4.69, 9.17) is 9.47 Å². The molecule has 0 unspecified atom stereocenters. The van der Waals surface area contributed by atoms with E-state index < -0.39 is 0 Å². The van der Waals surface area contributed by atoms with Crippen LogP contribution in [0.15, 0.2) is 36.4 Å². The molecule has 7 nitrogen and oxygen atoms in total. The van der Waals surface area contributed by atoms with E-state index in [2.05, 4.69) is 15.6 Å². The highest BCUT2D eigenvalue weighted by molar-refractivity contribution is 5.91. The second-order valence-electron chi connectivity index (χ2n) is 5.95. The minimum absolute atomic E-state index is 0.308. The third-order valence-corrected chi connectivity index (χ3v) is 4.19. The number of urea groups is 1. The molecule has 7 heteroatoms. The van der Waals surface area contributed by atoms with Crippen LogP contribution in [0.3, 0.4) is 0 Å². The van der Waals surface area contributed by atoms with Crippen LogP contribution in [0.1, 0.15) is 11.4 Å². The van der Waals surface area contributed by atoms with Crippen LogP contribution in [-0.4, -0.2) is 29.8 Å². The highest BCUT2D eigenvalue weighted by atomic mass is 16.5. The van der Waals surface area contributed by atoms with E-state index in [0.29, 0.717) is 23.7 Å². The number of carbonyl (C=O) groups is 1. The van der Waals surface area contributed by atoms with Crippen LogP contribution in [0.5, 0.6) is 11.5 Å². The van der Waals surface area contributed by atoms with E-state index in [1.165, 1.54) is 0 Å². The Morgan fingerprint density at radius 2 is 1.96 bits per heavy atom. The lowest BCUT2D eigenvalue weighted by Crippen LogP contribution is -2.29. The number of hydrogen-bond donors (Lipinski definition) is 2. The Morgan fingerprint density at radius 1 is 1.15 bits per heavy atom. The fraction of sp³-hybridized carbons (Fsp3) is 0.263. The van der Waals surface area contributed by atoms with Crippen molar-refractivity contribution in [3.8, 4) is 11.5 Å². The summed E-state index contributed by atoms with van der Waals surface area (Å²) in [6, 6.07) is 11.0. The van der Waals surface area contributed by atoms with Crippen LogP contribution in [0.2, 0.25) is 0 Å². The molecule has 1 heterocycles. The van der Waals surface area contributed by atoms with Gasteiger partial charge in [-0.15, -0.1) is 0 Å². The van der Waals surface area contributed by atoms with Gasteiger partial charge in [-0.3, -0.25) is 0 Å². The van der Waals surface area contributed by atoms with Gasteiger partial charge in [0.25, 0.3) is 0 Å². The maximum absolute atomic E-state index is 12.3. The Balaban J connectivity index is 1.71. The number of ether oxygens (including phenoxy) is 2. The molecule has 0 aliphatic carbocycles. The van der Waals surface area contributed by atoms with E-state index in [1.807, 2.05) is 36.7 Å². The number of amides is 2. The van der Waals surface area contributed by atoms with Gasteiger partial charge in [0.2, 0.25) is 0 Å². The van der Waals surface area contributed by atoms with E-state index in [9.17, 15) is 4.79 Å². The summed E-state index contributed by atoms with van der Waals surface area (Å²) in [5.74, 6) is 1.96. The van der Waals surface area contributed by atoms with Crippen molar-refractivity contribution in [2.24, 2.45) is 7.05 Å². The summed E-state index contributed by atoms with van der Waals surface area (Å²) in [4.78, 5) is 16.9. The van der Waals surface area contributed by atoms with Gasteiger partial charge in [-0.05, 0) is 36.8 Å². The number of aromatic nitrogens is 2. The summed E-state index contributed by atoms with van der Waals surface area (Å²) in [7, 11) is 5.05. The molecule has 0 fully saturated rings. The van der Waals surface area contributed by atoms with Gasteiger partial charge in [0.15, 0.2) is 0 Å². The van der Waals surface area contributed by atoms with E-state index >= 15 is 0 Å². The van der Waals surface area contributed by atoms with Gasteiger partial charge in [-0.1, -0.05) is 6.07 Å². The zero-order chi connectivity index (χ0) is 18.7. The fourth-order valence-corrected chi connectivity index (χ4v) is 2.76. The maximum Gasteiger partial charge on any atom is 0.319 e. The molecule has 0 spiro atoms. The number of fused-ring (bicyclic) bond motifs is 1. The lowest BCUT2D eigenvalue weighted by molar-refractivity contribution is 0.251. The first-order chi connectivity index (χ1) is 12.5. The third kappa shape index (κ3) is 3.56. The smallest absolute Gasteiger partial charge is 0.319 e. The highest BCUT2D eigenvalue weighted by Crippen LogP contribution is 2.28. The molecule has 2 N–H and O–H groups in total. The van der Waals surface area contributed by atoms with Gasteiger partial charge in [-0.2, -0.15) is 0 Å². The Labute approximate surface area is 151 Å². The number of imidazole rings is 1. The number of aryl methyl sites for hydroxylation is 2. The number of methoxy groups -OCH3 is 2. The Bertz CT molecular complexity index is 949. The Hall–Kier alpha value is -3.22. The van der Waals surface area contributed by atoms with Crippen molar-refractivity contribution in [2.45, 2.75) is 13.5 Å². The van der Waals surface area contributed by atoms with E-state index in [0.717, 1.165) is 22.4 Å². The molecular weight excluding hydrogens is 332 g/mol. The molecule has 0 aliphatic heterocycles. The maximum atomic E-state index is 12.3. The van der Waals surface area contributed by atoms with E-state index in [1.54, 1.807) is 32.4 Å². The third-order valence-electron chi connectivity index (χ3n) is 4.19. The number of rotatable bonds is 5. The van der Waals surface area contributed by atoms with Crippen molar-refractivity contribution in [1.29, 1.82) is 0 Å². The lowest BCUT2D eigenvalue weighted by atomic mass is 10.2. The highest BCUT2D eigenvalue weighted by Gasteiger charge is 2.11. The van der Waals surface area contributed by atoms with Gasteiger partial charge in [0.1, 0.15) is 17.3 Å². The minimum Gasteiger partial charge on any atom is -0.497 e. The van der Waals surface area contributed by atoms with Gasteiger partial charge in [-0.25, -0.2) is 9.78 Å². The zero-order valence-electron chi connectivity index (χ0n) is 15.3. The summed E-state index contributed by atoms with van der Waals surface area (Å²) in [5, 5.41) is 5.60. The lowest BCUT2D eigenvalue weighted by Gasteiger charge is -2.12. The number of hydrogen-bond acceptors (Lipinski definition) is 4. The van der Waals surface area contributed by atoms with Crippen LogP contribution in [-0.2, 0) is 13.6 Å². The molecule has 2 amide bonds. The van der Waals surface area contributed by atoms with Crippen molar-refractivity contribution in [1.82, 2.24) is 14.9 Å². The van der Waals surface area contributed by atoms with Crippen LogP contribution in [0.4, 0.5) is 10.5 Å². The number of anilines is 1. The largest absolute Gasteiger partial charge is 0.497 e. The first kappa shape index (κ1) is 17.6. The molecule has 3 aromatic rings. The van der Waals surface area contributed by atoms with Crippen molar-refractivity contribution in [3.63, 3.8) is 0 Å². The van der Waals surface area contributed by atoms with Crippen LogP contribution in [0, 0.1) is 6.92 Å². The fourth-order valence-electron chi connectivity index (χ4n) is 2.76. The average molecular weight is 354 g/mol. The molecule has 26 heavy (non-hydrogen) atoms. The summed E-state index contributed by atoms with van der Waals surface area (Å²) >= 11 is 0. The van der Waals surface area contributed by atoms with Gasteiger partial charge < -0.3 is 24.7 Å². The van der Waals surface area contributed by atoms with Crippen molar-refractivity contribution in [3.05, 3.63) is 47.8 Å². The molecule has 2 aromatic carbocycles. The first-order valence-electron chi connectivity index (χ1n) is 8.20. The van der Waals surface area contributed by atoms with E-state index in [-0.39, 0.29) is 6.03 Å². The second-order valence-corrected chi connectivity index (χ2v) is 5.95. The van der Waals surface area contributed by atoms with Gasteiger partial charge in [0.05, 0.1) is 37.5 Å². The normalized spacial score (nSPS) is 10.6. The van der Waals surface area contributed by atoms with Gasteiger partial charge in [0, 0.05) is 13.1 Å². The van der Waals surface area contributed by atoms with Crippen molar-refractivity contribution < 1.29 is 14.3 Å². The van der Waals surface area contributed by atoms with Crippen LogP contribution in [0.25, 0.3) is 11.0 Å². The predicted octanol–water partition coefficient (Wildman–Crippen LogP) is 3.22. The summed E-state index contributed by atoms with van der Waals surface area (Å²) in [6.45, 7) is 2.34. The summed E-state index contributed by atoms with van der Waals surface area (Å²) in [5.41, 5.74) is 3.63. The minimum atomic E-state index is -0.347. The number of benzene rings is 2.